The van der Waals surface area contributed by atoms with Crippen molar-refractivity contribution in [2.45, 2.75) is 6.42 Å². The molecule has 0 saturated carbocycles. The van der Waals surface area contributed by atoms with E-state index in [1.807, 2.05) is 0 Å². The van der Waals surface area contributed by atoms with E-state index in [1.165, 1.54) is 6.20 Å². The second kappa shape index (κ2) is 4.24. The van der Waals surface area contributed by atoms with Gasteiger partial charge in [-0.25, -0.2) is 4.98 Å². The van der Waals surface area contributed by atoms with Crippen LogP contribution >= 0.6 is 0 Å². The van der Waals surface area contributed by atoms with Gasteiger partial charge in [0.1, 0.15) is 0 Å². The Balaban J connectivity index is 2.31. The minimum Gasteiger partial charge on any atom is -0.438 e. The average Bonchev–Trinajstić information content (AvgIpc) is 2.55. The summed E-state index contributed by atoms with van der Waals surface area (Å²) in [5.41, 5.74) is 4.87. The van der Waals surface area contributed by atoms with Gasteiger partial charge in [-0.1, -0.05) is 0 Å². The summed E-state index contributed by atoms with van der Waals surface area (Å²) in [6.07, 6.45) is 2.56. The molecule has 0 bridgehead atoms. The van der Waals surface area contributed by atoms with Crippen LogP contribution in [0.4, 0.5) is 0 Å². The lowest BCUT2D eigenvalue weighted by molar-refractivity contribution is -0.117. The third kappa shape index (κ3) is 2.94. The molecule has 0 spiro atoms. The molecule has 0 unspecified atom stereocenters. The molecule has 0 aromatic carbocycles. The fourth-order valence-electron chi connectivity index (χ4n) is 0.714. The normalized spacial score (nSPS) is 9.54. The number of nitrogens with zero attached hydrogens (tertiary/aromatic N) is 1. The van der Waals surface area contributed by atoms with Gasteiger partial charge in [-0.2, -0.15) is 0 Å². The first-order valence-electron chi connectivity index (χ1n) is 3.65. The van der Waals surface area contributed by atoms with Crippen molar-refractivity contribution in [3.63, 3.8) is 0 Å². The van der Waals surface area contributed by atoms with Gasteiger partial charge in [0.25, 0.3) is 5.91 Å². The first-order valence-corrected chi connectivity index (χ1v) is 3.65. The molecule has 2 amide bonds. The Hall–Kier alpha value is -1.85. The zero-order chi connectivity index (χ0) is 9.68. The van der Waals surface area contributed by atoms with Crippen LogP contribution < -0.4 is 11.1 Å². The standard InChI is InChI=1S/C7H9N3O3/c8-6(11)1-2-10-7(12)5-3-9-4-13-5/h3-4H,1-2H2,(H2,8,11)(H,10,12). The van der Waals surface area contributed by atoms with Gasteiger partial charge in [-0.15, -0.1) is 0 Å². The molecule has 6 heteroatoms. The lowest BCUT2D eigenvalue weighted by Crippen LogP contribution is -2.27. The number of aromatic nitrogens is 1. The Labute approximate surface area is 74.1 Å². The molecule has 0 aliphatic rings. The Morgan fingerprint density at radius 1 is 1.62 bits per heavy atom. The van der Waals surface area contributed by atoms with Gasteiger partial charge >= 0.3 is 0 Å². The van der Waals surface area contributed by atoms with Crippen molar-refractivity contribution >= 4 is 11.8 Å². The molecule has 3 N–H and O–H groups in total. The Morgan fingerprint density at radius 3 is 2.92 bits per heavy atom. The number of primary amides is 1. The van der Waals surface area contributed by atoms with E-state index in [9.17, 15) is 9.59 Å². The highest BCUT2D eigenvalue weighted by molar-refractivity contribution is 5.91. The predicted molar refractivity (Wildman–Crippen MR) is 42.6 cm³/mol. The van der Waals surface area contributed by atoms with Gasteiger partial charge in [-0.3, -0.25) is 9.59 Å². The van der Waals surface area contributed by atoms with Crippen LogP contribution in [-0.4, -0.2) is 23.3 Å². The second-order valence-electron chi connectivity index (χ2n) is 2.34. The van der Waals surface area contributed by atoms with Crippen LogP contribution in [-0.2, 0) is 4.79 Å². The van der Waals surface area contributed by atoms with Gasteiger partial charge in [-0.05, 0) is 0 Å². The van der Waals surface area contributed by atoms with E-state index in [2.05, 4.69) is 10.3 Å². The van der Waals surface area contributed by atoms with Gasteiger partial charge in [0.05, 0.1) is 6.20 Å². The van der Waals surface area contributed by atoms with E-state index in [0.29, 0.717) is 0 Å². The third-order valence-corrected chi connectivity index (χ3v) is 1.31. The second-order valence-corrected chi connectivity index (χ2v) is 2.34. The van der Waals surface area contributed by atoms with Crippen molar-refractivity contribution in [2.24, 2.45) is 5.73 Å². The van der Waals surface area contributed by atoms with E-state index >= 15 is 0 Å². The molecular formula is C7H9N3O3. The number of carbonyl (C=O) groups excluding carboxylic acids is 2. The maximum absolute atomic E-state index is 11.1. The average molecular weight is 183 g/mol. The fourth-order valence-corrected chi connectivity index (χ4v) is 0.714. The van der Waals surface area contributed by atoms with Gasteiger partial charge < -0.3 is 15.5 Å². The van der Waals surface area contributed by atoms with Crippen molar-refractivity contribution in [2.75, 3.05) is 6.54 Å². The molecule has 0 atom stereocenters. The van der Waals surface area contributed by atoms with Crippen molar-refractivity contribution in [3.8, 4) is 0 Å². The largest absolute Gasteiger partial charge is 0.438 e. The molecule has 0 saturated heterocycles. The van der Waals surface area contributed by atoms with Crippen molar-refractivity contribution < 1.29 is 14.0 Å². The van der Waals surface area contributed by atoms with Crippen LogP contribution in [0.3, 0.4) is 0 Å². The fraction of sp³-hybridized carbons (Fsp3) is 0.286. The summed E-state index contributed by atoms with van der Waals surface area (Å²) in [6, 6.07) is 0. The number of oxazole rings is 1. The number of hydrogen-bond acceptors (Lipinski definition) is 4. The van der Waals surface area contributed by atoms with Crippen LogP contribution in [0.25, 0.3) is 0 Å². The SMILES string of the molecule is NC(=O)CCNC(=O)c1cnco1. The molecule has 0 aliphatic heterocycles. The van der Waals surface area contributed by atoms with E-state index < -0.39 is 11.8 Å². The maximum atomic E-state index is 11.1. The summed E-state index contributed by atoms with van der Waals surface area (Å²) in [7, 11) is 0. The number of rotatable bonds is 4. The summed E-state index contributed by atoms with van der Waals surface area (Å²) >= 11 is 0. The molecule has 1 rings (SSSR count). The van der Waals surface area contributed by atoms with Crippen LogP contribution in [0.1, 0.15) is 17.0 Å². The Morgan fingerprint density at radius 2 is 2.38 bits per heavy atom. The molecule has 1 aromatic heterocycles. The van der Waals surface area contributed by atoms with Gasteiger partial charge in [0.2, 0.25) is 11.7 Å². The minimum absolute atomic E-state index is 0.111. The summed E-state index contributed by atoms with van der Waals surface area (Å²) in [5, 5.41) is 2.44. The van der Waals surface area contributed by atoms with E-state index in [4.69, 9.17) is 10.2 Å². The highest BCUT2D eigenvalue weighted by atomic mass is 16.3. The van der Waals surface area contributed by atoms with Crippen molar-refractivity contribution in [3.05, 3.63) is 18.4 Å². The lowest BCUT2D eigenvalue weighted by atomic mass is 10.4. The molecule has 0 aliphatic carbocycles. The zero-order valence-corrected chi connectivity index (χ0v) is 6.82. The molecule has 0 radical (unpaired) electrons. The van der Waals surface area contributed by atoms with Crippen LogP contribution in [0.5, 0.6) is 0 Å². The van der Waals surface area contributed by atoms with E-state index in [0.717, 1.165) is 6.39 Å². The number of nitrogens with one attached hydrogen (secondary N) is 1. The number of carbonyl (C=O) groups is 2. The highest BCUT2D eigenvalue weighted by Gasteiger charge is 2.07. The van der Waals surface area contributed by atoms with E-state index in [-0.39, 0.29) is 18.7 Å². The summed E-state index contributed by atoms with van der Waals surface area (Å²) in [6.45, 7) is 0.203. The van der Waals surface area contributed by atoms with Crippen molar-refractivity contribution in [1.82, 2.24) is 10.3 Å². The first kappa shape index (κ1) is 9.24. The van der Waals surface area contributed by atoms with Crippen LogP contribution in [0.2, 0.25) is 0 Å². The van der Waals surface area contributed by atoms with Gasteiger partial charge in [0.15, 0.2) is 6.39 Å². The molecule has 13 heavy (non-hydrogen) atoms. The molecular weight excluding hydrogens is 174 g/mol. The molecule has 1 heterocycles. The predicted octanol–water partition coefficient (Wildman–Crippen LogP) is -0.720. The first-order chi connectivity index (χ1) is 6.20. The number of amides is 2. The topological polar surface area (TPSA) is 98.2 Å². The number of hydrogen-bond donors (Lipinski definition) is 2. The minimum atomic E-state index is -0.460. The molecule has 1 aromatic rings. The molecule has 0 fully saturated rings. The summed E-state index contributed by atoms with van der Waals surface area (Å²) in [5.74, 6) is -0.749. The maximum Gasteiger partial charge on any atom is 0.288 e. The summed E-state index contributed by atoms with van der Waals surface area (Å²) in [4.78, 5) is 25.0. The number of nitrogens with two attached hydrogens (primary N) is 1. The highest BCUT2D eigenvalue weighted by Crippen LogP contribution is 1.94. The molecule has 70 valence electrons. The smallest absolute Gasteiger partial charge is 0.288 e. The van der Waals surface area contributed by atoms with E-state index in [1.54, 1.807) is 0 Å². The lowest BCUT2D eigenvalue weighted by Gasteiger charge is -1.98. The quantitative estimate of drug-likeness (QED) is 0.643. The van der Waals surface area contributed by atoms with Crippen molar-refractivity contribution in [1.29, 1.82) is 0 Å². The van der Waals surface area contributed by atoms with Crippen LogP contribution in [0.15, 0.2) is 17.0 Å². The van der Waals surface area contributed by atoms with Crippen LogP contribution in [0, 0.1) is 0 Å². The van der Waals surface area contributed by atoms with Gasteiger partial charge in [0, 0.05) is 13.0 Å². The molecule has 6 nitrogen and oxygen atoms in total. The zero-order valence-electron chi connectivity index (χ0n) is 6.82. The Bertz CT molecular complexity index is 294. The Kier molecular flexibility index (Phi) is 3.02. The summed E-state index contributed by atoms with van der Waals surface area (Å²) < 4.78 is 4.71. The monoisotopic (exact) mass is 183 g/mol. The third-order valence-electron chi connectivity index (χ3n) is 1.31.